The second-order valence-corrected chi connectivity index (χ2v) is 8.06. The van der Waals surface area contributed by atoms with E-state index >= 15 is 0 Å². The first-order chi connectivity index (χ1) is 16.4. The van der Waals surface area contributed by atoms with Crippen LogP contribution in [0.3, 0.4) is 0 Å². The van der Waals surface area contributed by atoms with E-state index in [2.05, 4.69) is 16.5 Å². The third-order valence-corrected chi connectivity index (χ3v) is 5.32. The second-order valence-electron chi connectivity index (χ2n) is 8.06. The van der Waals surface area contributed by atoms with Crippen molar-refractivity contribution in [3.05, 3.63) is 67.5 Å². The van der Waals surface area contributed by atoms with E-state index in [4.69, 9.17) is 15.6 Å². The summed E-state index contributed by atoms with van der Waals surface area (Å²) in [5.74, 6) is 0.691. The smallest absolute Gasteiger partial charge is 0.164 e. The molecular formula is C25H28N6O3. The van der Waals surface area contributed by atoms with Crippen LogP contribution in [0.15, 0.2) is 67.5 Å². The molecule has 34 heavy (non-hydrogen) atoms. The van der Waals surface area contributed by atoms with Crippen molar-refractivity contribution in [1.82, 2.24) is 19.7 Å². The lowest BCUT2D eigenvalue weighted by molar-refractivity contribution is 0.215. The van der Waals surface area contributed by atoms with Crippen molar-refractivity contribution in [2.45, 2.75) is 32.7 Å². The van der Waals surface area contributed by atoms with E-state index < -0.39 is 6.23 Å². The van der Waals surface area contributed by atoms with Gasteiger partial charge < -0.3 is 25.6 Å². The molecule has 0 aliphatic rings. The number of phenolic OH excluding ortho intramolecular Hbond substituents is 1. The fourth-order valence-corrected chi connectivity index (χ4v) is 3.77. The van der Waals surface area contributed by atoms with Crippen LogP contribution in [-0.2, 0) is 6.54 Å². The Morgan fingerprint density at radius 1 is 1.18 bits per heavy atom. The molecule has 0 radical (unpaired) electrons. The van der Waals surface area contributed by atoms with Gasteiger partial charge in [0.2, 0.25) is 0 Å². The maximum atomic E-state index is 10.5. The Labute approximate surface area is 197 Å². The van der Waals surface area contributed by atoms with E-state index in [0.717, 1.165) is 5.69 Å². The summed E-state index contributed by atoms with van der Waals surface area (Å²) in [6.45, 7) is 8.34. The number of aromatic hydroxyl groups is 1. The SMILES string of the molecule is C=CC(O)N(CCn1nc(-c2ccc(OC(C)C)c(O)c2)c2c(N)ncnc21)c1ccccc1. The molecule has 0 bridgehead atoms. The number of nitrogens with zero attached hydrogens (tertiary/aromatic N) is 5. The van der Waals surface area contributed by atoms with Crippen molar-refractivity contribution in [1.29, 1.82) is 0 Å². The van der Waals surface area contributed by atoms with Crippen LogP contribution in [0.4, 0.5) is 11.5 Å². The van der Waals surface area contributed by atoms with Crippen molar-refractivity contribution in [3.8, 4) is 22.8 Å². The van der Waals surface area contributed by atoms with Crippen LogP contribution < -0.4 is 15.4 Å². The van der Waals surface area contributed by atoms with Gasteiger partial charge in [-0.15, -0.1) is 0 Å². The van der Waals surface area contributed by atoms with Gasteiger partial charge in [-0.3, -0.25) is 0 Å². The first-order valence-corrected chi connectivity index (χ1v) is 11.0. The molecule has 0 saturated heterocycles. The Morgan fingerprint density at radius 2 is 1.94 bits per heavy atom. The van der Waals surface area contributed by atoms with Crippen LogP contribution in [0, 0.1) is 0 Å². The average molecular weight is 461 g/mol. The molecule has 9 nitrogen and oxygen atoms in total. The number of fused-ring (bicyclic) bond motifs is 1. The number of nitrogens with two attached hydrogens (primary N) is 1. The highest BCUT2D eigenvalue weighted by molar-refractivity contribution is 5.98. The quantitative estimate of drug-likeness (QED) is 0.256. The number of aromatic nitrogens is 4. The van der Waals surface area contributed by atoms with Crippen LogP contribution in [0.2, 0.25) is 0 Å². The van der Waals surface area contributed by atoms with Gasteiger partial charge in [0.25, 0.3) is 0 Å². The van der Waals surface area contributed by atoms with Crippen molar-refractivity contribution in [3.63, 3.8) is 0 Å². The van der Waals surface area contributed by atoms with Crippen molar-refractivity contribution >= 4 is 22.5 Å². The zero-order valence-corrected chi connectivity index (χ0v) is 19.2. The number of aliphatic hydroxyl groups excluding tert-OH is 1. The third-order valence-electron chi connectivity index (χ3n) is 5.32. The minimum atomic E-state index is -0.867. The molecule has 0 aliphatic carbocycles. The number of ether oxygens (including phenoxy) is 1. The van der Waals surface area contributed by atoms with Gasteiger partial charge in [-0.25, -0.2) is 14.6 Å². The Bertz CT molecular complexity index is 1290. The number of hydrogen-bond donors (Lipinski definition) is 3. The van der Waals surface area contributed by atoms with Crippen LogP contribution in [0.25, 0.3) is 22.3 Å². The largest absolute Gasteiger partial charge is 0.504 e. The molecule has 4 N–H and O–H groups in total. The summed E-state index contributed by atoms with van der Waals surface area (Å²) in [6, 6.07) is 14.7. The molecule has 9 heteroatoms. The lowest BCUT2D eigenvalue weighted by atomic mass is 10.1. The predicted molar refractivity (Wildman–Crippen MR) is 133 cm³/mol. The Balaban J connectivity index is 1.71. The van der Waals surface area contributed by atoms with Crippen LogP contribution in [0.5, 0.6) is 11.5 Å². The zero-order chi connectivity index (χ0) is 24.2. The summed E-state index contributed by atoms with van der Waals surface area (Å²) in [7, 11) is 0. The van der Waals surface area contributed by atoms with Gasteiger partial charge in [0.1, 0.15) is 24.1 Å². The average Bonchev–Trinajstić information content (AvgIpc) is 3.21. The highest BCUT2D eigenvalue weighted by Crippen LogP contribution is 2.36. The number of anilines is 2. The molecule has 4 rings (SSSR count). The lowest BCUT2D eigenvalue weighted by Crippen LogP contribution is -2.36. The van der Waals surface area contributed by atoms with Gasteiger partial charge in [0.15, 0.2) is 17.1 Å². The number of hydrogen-bond acceptors (Lipinski definition) is 8. The number of para-hydroxylation sites is 1. The first kappa shape index (κ1) is 23.1. The summed E-state index contributed by atoms with van der Waals surface area (Å²) in [5.41, 5.74) is 8.83. The van der Waals surface area contributed by atoms with Crippen LogP contribution in [-0.4, -0.2) is 48.8 Å². The van der Waals surface area contributed by atoms with Gasteiger partial charge in [-0.1, -0.05) is 24.8 Å². The molecule has 2 aromatic carbocycles. The highest BCUT2D eigenvalue weighted by atomic mass is 16.5. The minimum Gasteiger partial charge on any atom is -0.504 e. The Morgan fingerprint density at radius 3 is 2.62 bits per heavy atom. The monoisotopic (exact) mass is 460 g/mol. The van der Waals surface area contributed by atoms with Gasteiger partial charge >= 0.3 is 0 Å². The van der Waals surface area contributed by atoms with E-state index in [1.165, 1.54) is 12.4 Å². The highest BCUT2D eigenvalue weighted by Gasteiger charge is 2.20. The first-order valence-electron chi connectivity index (χ1n) is 11.0. The van der Waals surface area contributed by atoms with Crippen LogP contribution in [0.1, 0.15) is 13.8 Å². The van der Waals surface area contributed by atoms with Crippen molar-refractivity contribution < 1.29 is 14.9 Å². The molecule has 4 aromatic rings. The lowest BCUT2D eigenvalue weighted by Gasteiger charge is -2.28. The number of rotatable bonds is 9. The van der Waals surface area contributed by atoms with E-state index in [-0.39, 0.29) is 11.9 Å². The number of phenols is 1. The fourth-order valence-electron chi connectivity index (χ4n) is 3.77. The molecule has 0 fully saturated rings. The van der Waals surface area contributed by atoms with E-state index in [9.17, 15) is 10.2 Å². The number of nitrogen functional groups attached to an aromatic ring is 1. The zero-order valence-electron chi connectivity index (χ0n) is 19.2. The van der Waals surface area contributed by atoms with Gasteiger partial charge in [-0.05, 0) is 50.3 Å². The second kappa shape index (κ2) is 9.80. The summed E-state index contributed by atoms with van der Waals surface area (Å²) in [4.78, 5) is 10.4. The molecule has 176 valence electrons. The van der Waals surface area contributed by atoms with Crippen molar-refractivity contribution in [2.75, 3.05) is 17.2 Å². The molecule has 1 atom stereocenters. The van der Waals surface area contributed by atoms with Gasteiger partial charge in [-0.2, -0.15) is 5.10 Å². The standard InChI is InChI=1S/C25H28N6O3/c1-4-21(33)30(18-8-6-5-7-9-18)12-13-31-25-22(24(26)27-15-28-25)23(29-31)17-10-11-20(19(32)14-17)34-16(2)3/h4-11,14-16,21,32-33H,1,12-13H2,2-3H3,(H2,26,27,28). The number of benzene rings is 2. The molecule has 0 amide bonds. The van der Waals surface area contributed by atoms with E-state index in [1.54, 1.807) is 16.8 Å². The fraction of sp³-hybridized carbons (Fsp3) is 0.240. The summed E-state index contributed by atoms with van der Waals surface area (Å²) >= 11 is 0. The summed E-state index contributed by atoms with van der Waals surface area (Å²) in [5, 5.41) is 26.3. The molecular weight excluding hydrogens is 432 g/mol. The maximum Gasteiger partial charge on any atom is 0.164 e. The number of aliphatic hydroxyl groups is 1. The van der Waals surface area contributed by atoms with Gasteiger partial charge in [0.05, 0.1) is 18.0 Å². The molecule has 1 unspecified atom stereocenters. The molecule has 0 aliphatic heterocycles. The van der Waals surface area contributed by atoms with Crippen LogP contribution >= 0.6 is 0 Å². The van der Waals surface area contributed by atoms with Gasteiger partial charge in [0, 0.05) is 17.8 Å². The predicted octanol–water partition coefficient (Wildman–Crippen LogP) is 3.58. The summed E-state index contributed by atoms with van der Waals surface area (Å²) < 4.78 is 7.36. The maximum absolute atomic E-state index is 10.5. The molecule has 0 spiro atoms. The molecule has 2 heterocycles. The Hall–Kier alpha value is -4.11. The van der Waals surface area contributed by atoms with E-state index in [1.807, 2.05) is 55.1 Å². The van der Waals surface area contributed by atoms with Crippen molar-refractivity contribution in [2.24, 2.45) is 0 Å². The summed E-state index contributed by atoms with van der Waals surface area (Å²) in [6.07, 6.45) is 1.93. The normalized spacial score (nSPS) is 12.1. The molecule has 0 saturated carbocycles. The third kappa shape index (κ3) is 4.65. The topological polar surface area (TPSA) is 123 Å². The van der Waals surface area contributed by atoms with E-state index in [0.29, 0.717) is 46.9 Å². The minimum absolute atomic E-state index is 0.00804. The Kier molecular flexibility index (Phi) is 6.65. The molecule has 2 aromatic heterocycles.